The molecule has 0 spiro atoms. The first kappa shape index (κ1) is 34.5. The van der Waals surface area contributed by atoms with Gasteiger partial charge in [-0.05, 0) is 47.1 Å². The first-order valence-corrected chi connectivity index (χ1v) is 12.5. The number of hydrogen-bond donors (Lipinski definition) is 0. The summed E-state index contributed by atoms with van der Waals surface area (Å²) in [4.78, 5) is 83.8. The summed E-state index contributed by atoms with van der Waals surface area (Å²) >= 11 is 0. The van der Waals surface area contributed by atoms with Gasteiger partial charge in [0, 0.05) is 6.92 Å². The van der Waals surface area contributed by atoms with Crippen LogP contribution in [0.15, 0.2) is 30.3 Å². The number of carbonyl (C=O) groups is 7. The van der Waals surface area contributed by atoms with E-state index in [1.54, 1.807) is 30.3 Å². The van der Waals surface area contributed by atoms with E-state index >= 15 is 0 Å². The monoisotopic (exact) mass is 582 g/mol. The highest BCUT2D eigenvalue weighted by Gasteiger charge is 2.32. The van der Waals surface area contributed by atoms with Crippen LogP contribution in [0.4, 0.5) is 0 Å². The van der Waals surface area contributed by atoms with Gasteiger partial charge in [-0.3, -0.25) is 4.79 Å². The third-order valence-corrected chi connectivity index (χ3v) is 5.02. The van der Waals surface area contributed by atoms with E-state index in [9.17, 15) is 33.6 Å². The SMILES string of the molecule is CC(=O)O[C@@H](C)C(=O)O[C@@H](C)C(=O)O[C@@H](C)C(=O)O[C@@H](C)C(=O)O[C@@H](C)C(=O)O[C@@H](C)C(=O)OCc1ccccc1. The van der Waals surface area contributed by atoms with Gasteiger partial charge < -0.3 is 33.2 Å². The third-order valence-electron chi connectivity index (χ3n) is 5.02. The summed E-state index contributed by atoms with van der Waals surface area (Å²) in [6.07, 6.45) is -8.52. The number of benzene rings is 1. The Labute approximate surface area is 236 Å². The summed E-state index contributed by atoms with van der Waals surface area (Å²) in [5.41, 5.74) is 0.734. The quantitative estimate of drug-likeness (QED) is 0.226. The molecular formula is C27H34O14. The van der Waals surface area contributed by atoms with E-state index in [4.69, 9.17) is 28.4 Å². The van der Waals surface area contributed by atoms with Crippen LogP contribution >= 0.6 is 0 Å². The molecule has 14 heteroatoms. The fraction of sp³-hybridized carbons (Fsp3) is 0.519. The van der Waals surface area contributed by atoms with Crippen molar-refractivity contribution in [1.82, 2.24) is 0 Å². The van der Waals surface area contributed by atoms with Crippen LogP contribution in [-0.4, -0.2) is 78.4 Å². The van der Waals surface area contributed by atoms with Gasteiger partial charge in [0.15, 0.2) is 36.6 Å². The van der Waals surface area contributed by atoms with Crippen LogP contribution in [0.3, 0.4) is 0 Å². The normalized spacial score (nSPS) is 14.9. The first-order valence-electron chi connectivity index (χ1n) is 12.5. The van der Waals surface area contributed by atoms with Gasteiger partial charge in [0.25, 0.3) is 0 Å². The molecule has 226 valence electrons. The van der Waals surface area contributed by atoms with Crippen LogP contribution in [0.1, 0.15) is 54.0 Å². The number of carbonyl (C=O) groups excluding carboxylic acids is 7. The molecule has 0 unspecified atom stereocenters. The molecule has 6 atom stereocenters. The molecule has 0 aromatic heterocycles. The minimum Gasteiger partial charge on any atom is -0.458 e. The number of ether oxygens (including phenoxy) is 7. The zero-order valence-corrected chi connectivity index (χ0v) is 23.8. The van der Waals surface area contributed by atoms with Gasteiger partial charge in [0.1, 0.15) is 6.61 Å². The topological polar surface area (TPSA) is 184 Å². The second kappa shape index (κ2) is 16.6. The summed E-state index contributed by atoms with van der Waals surface area (Å²) in [5, 5.41) is 0. The fourth-order valence-corrected chi connectivity index (χ4v) is 2.73. The molecule has 0 N–H and O–H groups in total. The van der Waals surface area contributed by atoms with Crippen LogP contribution in [0.25, 0.3) is 0 Å². The van der Waals surface area contributed by atoms with Gasteiger partial charge in [-0.1, -0.05) is 30.3 Å². The highest BCUT2D eigenvalue weighted by molar-refractivity contribution is 5.87. The van der Waals surface area contributed by atoms with Gasteiger partial charge in [0.05, 0.1) is 0 Å². The first-order chi connectivity index (χ1) is 19.1. The van der Waals surface area contributed by atoms with Crippen molar-refractivity contribution in [2.75, 3.05) is 0 Å². The van der Waals surface area contributed by atoms with E-state index in [0.717, 1.165) is 26.3 Å². The highest BCUT2D eigenvalue weighted by Crippen LogP contribution is 2.09. The van der Waals surface area contributed by atoms with E-state index in [1.165, 1.54) is 27.7 Å². The van der Waals surface area contributed by atoms with Crippen molar-refractivity contribution < 1.29 is 66.7 Å². The minimum atomic E-state index is -1.52. The van der Waals surface area contributed by atoms with Crippen molar-refractivity contribution >= 4 is 41.8 Å². The van der Waals surface area contributed by atoms with E-state index in [2.05, 4.69) is 4.74 Å². The van der Waals surface area contributed by atoms with Crippen LogP contribution in [0.5, 0.6) is 0 Å². The predicted molar refractivity (Wildman–Crippen MR) is 135 cm³/mol. The maximum Gasteiger partial charge on any atom is 0.347 e. The fourth-order valence-electron chi connectivity index (χ4n) is 2.73. The number of hydrogen-bond acceptors (Lipinski definition) is 14. The lowest BCUT2D eigenvalue weighted by molar-refractivity contribution is -0.187. The van der Waals surface area contributed by atoms with Crippen molar-refractivity contribution in [3.8, 4) is 0 Å². The summed E-state index contributed by atoms with van der Waals surface area (Å²) in [6, 6.07) is 8.84. The van der Waals surface area contributed by atoms with E-state index in [1.807, 2.05) is 0 Å². The zero-order chi connectivity index (χ0) is 31.3. The summed E-state index contributed by atoms with van der Waals surface area (Å²) in [7, 11) is 0. The van der Waals surface area contributed by atoms with Crippen LogP contribution in [0, 0.1) is 0 Å². The van der Waals surface area contributed by atoms with Crippen LogP contribution in [-0.2, 0) is 73.3 Å². The lowest BCUT2D eigenvalue weighted by atomic mass is 10.2. The molecule has 1 aromatic rings. The molecule has 0 radical (unpaired) electrons. The predicted octanol–water partition coefficient (Wildman–Crippen LogP) is 1.34. The Morgan fingerprint density at radius 3 is 1.10 bits per heavy atom. The molecule has 14 nitrogen and oxygen atoms in total. The average Bonchev–Trinajstić information content (AvgIpc) is 2.91. The maximum atomic E-state index is 12.3. The molecule has 0 bridgehead atoms. The van der Waals surface area contributed by atoms with E-state index in [0.29, 0.717) is 0 Å². The smallest absolute Gasteiger partial charge is 0.347 e. The Morgan fingerprint density at radius 2 is 0.780 bits per heavy atom. The molecule has 1 rings (SSSR count). The van der Waals surface area contributed by atoms with Gasteiger partial charge in [-0.15, -0.1) is 0 Å². The van der Waals surface area contributed by atoms with Gasteiger partial charge >= 0.3 is 41.8 Å². The number of rotatable bonds is 14. The lowest BCUT2D eigenvalue weighted by Gasteiger charge is -2.20. The van der Waals surface area contributed by atoms with Crippen molar-refractivity contribution in [3.63, 3.8) is 0 Å². The molecule has 0 aliphatic carbocycles. The Kier molecular flexibility index (Phi) is 14.0. The van der Waals surface area contributed by atoms with Crippen molar-refractivity contribution in [3.05, 3.63) is 35.9 Å². The minimum absolute atomic E-state index is 0.0257. The zero-order valence-electron chi connectivity index (χ0n) is 23.8. The van der Waals surface area contributed by atoms with E-state index < -0.39 is 78.4 Å². The molecule has 0 saturated heterocycles. The van der Waals surface area contributed by atoms with Crippen molar-refractivity contribution in [2.24, 2.45) is 0 Å². The molecular weight excluding hydrogens is 548 g/mol. The largest absolute Gasteiger partial charge is 0.458 e. The molecule has 0 amide bonds. The summed E-state index contributed by atoms with van der Waals surface area (Å²) in [5.74, 6) is -6.97. The maximum absolute atomic E-state index is 12.3. The van der Waals surface area contributed by atoms with E-state index in [-0.39, 0.29) is 6.61 Å². The lowest BCUT2D eigenvalue weighted by Crippen LogP contribution is -2.39. The molecule has 1 aromatic carbocycles. The van der Waals surface area contributed by atoms with Gasteiger partial charge in [0.2, 0.25) is 0 Å². The Balaban J connectivity index is 2.48. The molecule has 0 saturated carbocycles. The average molecular weight is 583 g/mol. The van der Waals surface area contributed by atoms with Crippen molar-refractivity contribution in [1.29, 1.82) is 0 Å². The van der Waals surface area contributed by atoms with Gasteiger partial charge in [-0.25, -0.2) is 28.8 Å². The summed E-state index contributed by atoms with van der Waals surface area (Å²) in [6.45, 7) is 8.24. The highest BCUT2D eigenvalue weighted by atomic mass is 16.7. The molecule has 0 aliphatic heterocycles. The Bertz CT molecular complexity index is 1100. The second-order valence-electron chi connectivity index (χ2n) is 8.74. The Hall–Kier alpha value is -4.49. The standard InChI is InChI=1S/C27H34O14/c1-14(22(29)35-13-21-11-9-8-10-12-21)37-24(31)16(3)39-26(33)18(5)41-27(34)19(6)40-25(32)17(4)38-23(30)15(2)36-20(7)28/h8-12,14-19H,13H2,1-7H3/t14-,15-,16-,17-,18-,19-/m0/s1. The van der Waals surface area contributed by atoms with Crippen LogP contribution in [0.2, 0.25) is 0 Å². The van der Waals surface area contributed by atoms with Crippen molar-refractivity contribution in [2.45, 2.75) is 91.7 Å². The summed E-state index contributed by atoms with van der Waals surface area (Å²) < 4.78 is 34.2. The molecule has 0 aliphatic rings. The Morgan fingerprint density at radius 1 is 0.488 bits per heavy atom. The van der Waals surface area contributed by atoms with Gasteiger partial charge in [-0.2, -0.15) is 0 Å². The molecule has 0 fully saturated rings. The number of esters is 7. The second-order valence-corrected chi connectivity index (χ2v) is 8.74. The molecule has 41 heavy (non-hydrogen) atoms. The molecule has 0 heterocycles. The van der Waals surface area contributed by atoms with Crippen LogP contribution < -0.4 is 0 Å². The third kappa shape index (κ3) is 12.5.